The van der Waals surface area contributed by atoms with Gasteiger partial charge in [-0.3, -0.25) is 19.9 Å². The zero-order valence-electron chi connectivity index (χ0n) is 10.8. The molecule has 0 saturated heterocycles. The number of nitrogens with zero attached hydrogens (tertiary/aromatic N) is 1. The molecule has 2 rings (SSSR count). The summed E-state index contributed by atoms with van der Waals surface area (Å²) in [7, 11) is 0. The van der Waals surface area contributed by atoms with Gasteiger partial charge in [0.05, 0.1) is 10.7 Å². The number of H-pyrrole nitrogens is 1. The van der Waals surface area contributed by atoms with Crippen molar-refractivity contribution >= 4 is 46.7 Å². The number of rotatable bonds is 3. The van der Waals surface area contributed by atoms with Gasteiger partial charge in [-0.1, -0.05) is 23.2 Å². The molecule has 1 heterocycles. The molecule has 2 aromatic rings. The molecule has 1 aromatic heterocycles. The molecular formula is C13H10Cl3N3O2. The minimum absolute atomic E-state index is 0.00829. The summed E-state index contributed by atoms with van der Waals surface area (Å²) in [6.45, 7) is 1.51. The number of amides is 1. The summed E-state index contributed by atoms with van der Waals surface area (Å²) in [4.78, 5) is 29.8. The van der Waals surface area contributed by atoms with Crippen LogP contribution < -0.4 is 10.9 Å². The van der Waals surface area contributed by atoms with Gasteiger partial charge in [0.1, 0.15) is 5.38 Å². The number of benzene rings is 1. The van der Waals surface area contributed by atoms with Gasteiger partial charge >= 0.3 is 0 Å². The predicted octanol–water partition coefficient (Wildman–Crippen LogP) is 3.31. The van der Waals surface area contributed by atoms with Gasteiger partial charge < -0.3 is 0 Å². The number of nitrogens with one attached hydrogen (secondary N) is 2. The Labute approximate surface area is 135 Å². The standard InChI is InChI=1S/C13H10Cl3N3O2/c1-6(14)12(21)19-13-17-10(5-11(20)18-13)8-4-7(15)2-3-9(8)16/h2-6H,1H3,(H2,17,18,19,20,21). The maximum atomic E-state index is 11.7. The number of hydrogen-bond donors (Lipinski definition) is 2. The van der Waals surface area contributed by atoms with Gasteiger partial charge in [0.2, 0.25) is 11.9 Å². The second-order valence-electron chi connectivity index (χ2n) is 4.21. The molecule has 1 amide bonds. The van der Waals surface area contributed by atoms with E-state index in [-0.39, 0.29) is 5.95 Å². The number of alkyl halides is 1. The molecule has 1 unspecified atom stereocenters. The molecule has 21 heavy (non-hydrogen) atoms. The molecule has 8 heteroatoms. The molecule has 0 fully saturated rings. The molecule has 110 valence electrons. The Morgan fingerprint density at radius 2 is 2.05 bits per heavy atom. The van der Waals surface area contributed by atoms with Crippen molar-refractivity contribution in [1.29, 1.82) is 0 Å². The normalized spacial score (nSPS) is 12.0. The Hall–Kier alpha value is -1.56. The number of aromatic nitrogens is 2. The van der Waals surface area contributed by atoms with Crippen LogP contribution in [0.1, 0.15) is 6.92 Å². The van der Waals surface area contributed by atoms with E-state index >= 15 is 0 Å². The Morgan fingerprint density at radius 1 is 1.33 bits per heavy atom. The summed E-state index contributed by atoms with van der Waals surface area (Å²) >= 11 is 17.6. The topological polar surface area (TPSA) is 74.8 Å². The number of anilines is 1. The number of hydrogen-bond acceptors (Lipinski definition) is 3. The lowest BCUT2D eigenvalue weighted by Gasteiger charge is -2.08. The monoisotopic (exact) mass is 345 g/mol. The van der Waals surface area contributed by atoms with Crippen LogP contribution in [0, 0.1) is 0 Å². The third-order valence-corrected chi connectivity index (χ3v) is 3.31. The first-order valence-corrected chi connectivity index (χ1v) is 7.08. The van der Waals surface area contributed by atoms with E-state index in [1.54, 1.807) is 18.2 Å². The van der Waals surface area contributed by atoms with Crippen molar-refractivity contribution in [2.24, 2.45) is 0 Å². The van der Waals surface area contributed by atoms with Crippen molar-refractivity contribution in [3.05, 3.63) is 44.7 Å². The van der Waals surface area contributed by atoms with Crippen molar-refractivity contribution in [3.63, 3.8) is 0 Å². The second-order valence-corrected chi connectivity index (χ2v) is 5.71. The van der Waals surface area contributed by atoms with Crippen LogP contribution in [0.2, 0.25) is 10.0 Å². The average molecular weight is 347 g/mol. The number of halogens is 3. The Bertz CT molecular complexity index is 744. The third kappa shape index (κ3) is 3.97. The first-order chi connectivity index (χ1) is 9.86. The highest BCUT2D eigenvalue weighted by atomic mass is 35.5. The lowest BCUT2D eigenvalue weighted by molar-refractivity contribution is -0.115. The quantitative estimate of drug-likeness (QED) is 0.837. The summed E-state index contributed by atoms with van der Waals surface area (Å²) < 4.78 is 0. The molecule has 1 aromatic carbocycles. The summed E-state index contributed by atoms with van der Waals surface area (Å²) in [5.74, 6) is -0.486. The van der Waals surface area contributed by atoms with Crippen molar-refractivity contribution in [1.82, 2.24) is 9.97 Å². The highest BCUT2D eigenvalue weighted by molar-refractivity contribution is 6.35. The molecule has 1 atom stereocenters. The fourth-order valence-electron chi connectivity index (χ4n) is 1.56. The van der Waals surface area contributed by atoms with E-state index in [2.05, 4.69) is 15.3 Å². The molecule has 0 saturated carbocycles. The Kier molecular flexibility index (Phi) is 4.88. The maximum Gasteiger partial charge on any atom is 0.252 e. The van der Waals surface area contributed by atoms with Crippen molar-refractivity contribution in [3.8, 4) is 11.3 Å². The van der Waals surface area contributed by atoms with Gasteiger partial charge in [-0.05, 0) is 25.1 Å². The van der Waals surface area contributed by atoms with Gasteiger partial charge in [0.15, 0.2) is 0 Å². The van der Waals surface area contributed by atoms with Crippen LogP contribution in [-0.4, -0.2) is 21.3 Å². The third-order valence-electron chi connectivity index (χ3n) is 2.55. The lowest BCUT2D eigenvalue weighted by atomic mass is 10.1. The second kappa shape index (κ2) is 6.47. The predicted molar refractivity (Wildman–Crippen MR) is 84.3 cm³/mol. The molecule has 0 aliphatic rings. The zero-order chi connectivity index (χ0) is 15.6. The van der Waals surface area contributed by atoms with Crippen LogP contribution in [0.25, 0.3) is 11.3 Å². The maximum absolute atomic E-state index is 11.7. The highest BCUT2D eigenvalue weighted by Crippen LogP contribution is 2.28. The summed E-state index contributed by atoms with van der Waals surface area (Å²) in [5.41, 5.74) is 0.349. The van der Waals surface area contributed by atoms with Gasteiger partial charge in [-0.15, -0.1) is 11.6 Å². The summed E-state index contributed by atoms with van der Waals surface area (Å²) in [5, 5.41) is 2.50. The molecule has 0 radical (unpaired) electrons. The van der Waals surface area contributed by atoms with E-state index in [0.717, 1.165) is 0 Å². The highest BCUT2D eigenvalue weighted by Gasteiger charge is 2.13. The van der Waals surface area contributed by atoms with E-state index in [1.807, 2.05) is 0 Å². The summed E-state index contributed by atoms with van der Waals surface area (Å²) in [6, 6.07) is 6.07. The molecule has 0 bridgehead atoms. The first-order valence-electron chi connectivity index (χ1n) is 5.88. The van der Waals surface area contributed by atoms with E-state index in [1.165, 1.54) is 13.0 Å². The Morgan fingerprint density at radius 3 is 2.71 bits per heavy atom. The fraction of sp³-hybridized carbons (Fsp3) is 0.154. The molecule has 0 aliphatic heterocycles. The molecule has 2 N–H and O–H groups in total. The van der Waals surface area contributed by atoms with E-state index < -0.39 is 16.8 Å². The van der Waals surface area contributed by atoms with E-state index in [4.69, 9.17) is 34.8 Å². The number of carbonyl (C=O) groups excluding carboxylic acids is 1. The SMILES string of the molecule is CC(Cl)C(=O)Nc1nc(-c2cc(Cl)ccc2Cl)cc(=O)[nH]1. The van der Waals surface area contributed by atoms with Gasteiger partial charge in [0.25, 0.3) is 5.56 Å². The van der Waals surface area contributed by atoms with Crippen molar-refractivity contribution in [2.45, 2.75) is 12.3 Å². The van der Waals surface area contributed by atoms with Crippen LogP contribution >= 0.6 is 34.8 Å². The fourth-order valence-corrected chi connectivity index (χ4v) is 2.01. The largest absolute Gasteiger partial charge is 0.295 e. The molecule has 5 nitrogen and oxygen atoms in total. The smallest absolute Gasteiger partial charge is 0.252 e. The van der Waals surface area contributed by atoms with Crippen LogP contribution in [-0.2, 0) is 4.79 Å². The summed E-state index contributed by atoms with van der Waals surface area (Å²) in [6.07, 6.45) is 0. The van der Waals surface area contributed by atoms with Crippen molar-refractivity contribution < 1.29 is 4.79 Å². The van der Waals surface area contributed by atoms with Crippen molar-refractivity contribution in [2.75, 3.05) is 5.32 Å². The molecule has 0 spiro atoms. The number of carbonyl (C=O) groups is 1. The van der Waals surface area contributed by atoms with Crippen LogP contribution in [0.5, 0.6) is 0 Å². The first kappa shape index (κ1) is 15.8. The minimum Gasteiger partial charge on any atom is -0.295 e. The lowest BCUT2D eigenvalue weighted by Crippen LogP contribution is -2.23. The van der Waals surface area contributed by atoms with Crippen LogP contribution in [0.15, 0.2) is 29.1 Å². The van der Waals surface area contributed by atoms with Crippen LogP contribution in [0.3, 0.4) is 0 Å². The Balaban J connectivity index is 2.46. The van der Waals surface area contributed by atoms with E-state index in [9.17, 15) is 9.59 Å². The van der Waals surface area contributed by atoms with Gasteiger partial charge in [0, 0.05) is 16.7 Å². The zero-order valence-corrected chi connectivity index (χ0v) is 13.1. The average Bonchev–Trinajstić information content (AvgIpc) is 2.40. The van der Waals surface area contributed by atoms with E-state index in [0.29, 0.717) is 21.3 Å². The van der Waals surface area contributed by atoms with Crippen LogP contribution in [0.4, 0.5) is 5.95 Å². The minimum atomic E-state index is -0.756. The molecular weight excluding hydrogens is 337 g/mol. The van der Waals surface area contributed by atoms with Gasteiger partial charge in [-0.25, -0.2) is 4.98 Å². The molecule has 0 aliphatic carbocycles. The number of aromatic amines is 1. The van der Waals surface area contributed by atoms with Gasteiger partial charge in [-0.2, -0.15) is 0 Å².